The molecule has 1 aromatic heterocycles. The summed E-state index contributed by atoms with van der Waals surface area (Å²) in [4.78, 5) is 23.3. The van der Waals surface area contributed by atoms with E-state index in [9.17, 15) is 14.7 Å². The highest BCUT2D eigenvalue weighted by molar-refractivity contribution is 6.01. The Kier molecular flexibility index (Phi) is 2.16. The second-order valence-electron chi connectivity index (χ2n) is 3.30. The van der Waals surface area contributed by atoms with E-state index in [1.54, 1.807) is 0 Å². The smallest absolute Gasteiger partial charge is 0.341 e. The SMILES string of the molecule is O=C(O)c1cn[nH]c1N1CC(O)CC1=O. The quantitative estimate of drug-likeness (QED) is 0.594. The zero-order chi connectivity index (χ0) is 11.0. The van der Waals surface area contributed by atoms with Gasteiger partial charge in [-0.25, -0.2) is 4.79 Å². The van der Waals surface area contributed by atoms with Crippen molar-refractivity contribution in [2.75, 3.05) is 11.4 Å². The van der Waals surface area contributed by atoms with Gasteiger partial charge in [-0.3, -0.25) is 14.8 Å². The van der Waals surface area contributed by atoms with Gasteiger partial charge in [-0.15, -0.1) is 0 Å². The number of H-pyrrole nitrogens is 1. The minimum atomic E-state index is -1.16. The van der Waals surface area contributed by atoms with Crippen LogP contribution in [0.4, 0.5) is 5.82 Å². The van der Waals surface area contributed by atoms with Crippen LogP contribution in [-0.2, 0) is 4.79 Å². The number of rotatable bonds is 2. The summed E-state index contributed by atoms with van der Waals surface area (Å²) >= 11 is 0. The van der Waals surface area contributed by atoms with Crippen molar-refractivity contribution in [1.82, 2.24) is 10.2 Å². The minimum absolute atomic E-state index is 0.0120. The number of amides is 1. The molecular formula is C8H9N3O4. The van der Waals surface area contributed by atoms with Crippen LogP contribution in [0.2, 0.25) is 0 Å². The Morgan fingerprint density at radius 2 is 2.40 bits per heavy atom. The fraction of sp³-hybridized carbons (Fsp3) is 0.375. The molecule has 1 saturated heterocycles. The fourth-order valence-corrected chi connectivity index (χ4v) is 1.55. The van der Waals surface area contributed by atoms with Crippen molar-refractivity contribution in [3.05, 3.63) is 11.8 Å². The average molecular weight is 211 g/mol. The molecule has 0 aromatic carbocycles. The van der Waals surface area contributed by atoms with Gasteiger partial charge in [-0.05, 0) is 0 Å². The maximum Gasteiger partial charge on any atom is 0.341 e. The molecule has 1 unspecified atom stereocenters. The van der Waals surface area contributed by atoms with E-state index in [2.05, 4.69) is 10.2 Å². The molecule has 1 aliphatic heterocycles. The summed E-state index contributed by atoms with van der Waals surface area (Å²) < 4.78 is 0. The number of carboxylic acids is 1. The van der Waals surface area contributed by atoms with Crippen molar-refractivity contribution < 1.29 is 19.8 Å². The lowest BCUT2D eigenvalue weighted by atomic mass is 10.3. The third kappa shape index (κ3) is 1.57. The highest BCUT2D eigenvalue weighted by Gasteiger charge is 2.32. The van der Waals surface area contributed by atoms with Crippen LogP contribution >= 0.6 is 0 Å². The Balaban J connectivity index is 2.33. The van der Waals surface area contributed by atoms with E-state index in [1.807, 2.05) is 0 Å². The molecular weight excluding hydrogens is 202 g/mol. The van der Waals surface area contributed by atoms with Gasteiger partial charge in [0, 0.05) is 0 Å². The lowest BCUT2D eigenvalue weighted by molar-refractivity contribution is -0.117. The summed E-state index contributed by atoms with van der Waals surface area (Å²) in [5, 5.41) is 24.1. The molecule has 2 rings (SSSR count). The van der Waals surface area contributed by atoms with Crippen LogP contribution < -0.4 is 4.90 Å². The number of anilines is 1. The molecule has 1 amide bonds. The molecule has 80 valence electrons. The molecule has 1 fully saturated rings. The number of aliphatic hydroxyl groups is 1. The van der Waals surface area contributed by atoms with Crippen LogP contribution in [0.3, 0.4) is 0 Å². The van der Waals surface area contributed by atoms with E-state index in [1.165, 1.54) is 4.90 Å². The van der Waals surface area contributed by atoms with Gasteiger partial charge >= 0.3 is 5.97 Å². The number of hydrogen-bond donors (Lipinski definition) is 3. The standard InChI is InChI=1S/C8H9N3O4/c12-4-1-6(13)11(3-4)7-5(8(14)15)2-9-10-7/h2,4,12H,1,3H2,(H,9,10)(H,14,15). The van der Waals surface area contributed by atoms with E-state index in [0.29, 0.717) is 0 Å². The lowest BCUT2D eigenvalue weighted by Gasteiger charge is -2.13. The first kappa shape index (κ1) is 9.66. The van der Waals surface area contributed by atoms with Gasteiger partial charge in [0.1, 0.15) is 11.4 Å². The van der Waals surface area contributed by atoms with Crippen LogP contribution in [0.15, 0.2) is 6.20 Å². The van der Waals surface area contributed by atoms with Crippen LogP contribution in [0.5, 0.6) is 0 Å². The highest BCUT2D eigenvalue weighted by atomic mass is 16.4. The van der Waals surface area contributed by atoms with E-state index in [-0.39, 0.29) is 30.3 Å². The minimum Gasteiger partial charge on any atom is -0.477 e. The summed E-state index contributed by atoms with van der Waals surface area (Å²) in [6, 6.07) is 0. The molecule has 0 bridgehead atoms. The zero-order valence-corrected chi connectivity index (χ0v) is 7.67. The predicted molar refractivity (Wildman–Crippen MR) is 48.5 cm³/mol. The second-order valence-corrected chi connectivity index (χ2v) is 3.30. The molecule has 1 aromatic rings. The van der Waals surface area contributed by atoms with Crippen LogP contribution in [0.25, 0.3) is 0 Å². The van der Waals surface area contributed by atoms with E-state index in [4.69, 9.17) is 5.11 Å². The number of aromatic nitrogens is 2. The normalized spacial score (nSPS) is 21.0. The van der Waals surface area contributed by atoms with Crippen LogP contribution in [-0.4, -0.2) is 44.9 Å². The maximum atomic E-state index is 11.4. The fourth-order valence-electron chi connectivity index (χ4n) is 1.55. The number of β-amino-alcohol motifs (C(OH)–C–C–N with tert-alkyl or cyclic N) is 1. The van der Waals surface area contributed by atoms with Gasteiger partial charge in [0.2, 0.25) is 5.91 Å². The first-order valence-corrected chi connectivity index (χ1v) is 4.34. The number of nitrogens with one attached hydrogen (secondary N) is 1. The topological polar surface area (TPSA) is 107 Å². The molecule has 0 radical (unpaired) electrons. The lowest BCUT2D eigenvalue weighted by Crippen LogP contribution is -2.27. The van der Waals surface area contributed by atoms with Gasteiger partial charge < -0.3 is 10.2 Å². The van der Waals surface area contributed by atoms with Crippen LogP contribution in [0, 0.1) is 0 Å². The summed E-state index contributed by atoms with van der Waals surface area (Å²) in [5.74, 6) is -1.34. The van der Waals surface area contributed by atoms with Crippen molar-refractivity contribution in [2.45, 2.75) is 12.5 Å². The number of aromatic carboxylic acids is 1. The van der Waals surface area contributed by atoms with Crippen molar-refractivity contribution in [2.24, 2.45) is 0 Å². The summed E-state index contributed by atoms with van der Waals surface area (Å²) in [5.41, 5.74) is -0.0718. The first-order chi connectivity index (χ1) is 7.09. The number of aliphatic hydroxyl groups excluding tert-OH is 1. The highest BCUT2D eigenvalue weighted by Crippen LogP contribution is 2.22. The largest absolute Gasteiger partial charge is 0.477 e. The van der Waals surface area contributed by atoms with Crippen LogP contribution in [0.1, 0.15) is 16.8 Å². The third-order valence-corrected chi connectivity index (χ3v) is 2.22. The number of hydrogen-bond acceptors (Lipinski definition) is 4. The van der Waals surface area contributed by atoms with E-state index >= 15 is 0 Å². The Morgan fingerprint density at radius 3 is 2.93 bits per heavy atom. The Hall–Kier alpha value is -1.89. The molecule has 0 saturated carbocycles. The number of carboxylic acid groups (broad SMARTS) is 1. The molecule has 7 heteroatoms. The number of nitrogens with zero attached hydrogens (tertiary/aromatic N) is 2. The van der Waals surface area contributed by atoms with Gasteiger partial charge in [0.05, 0.1) is 25.3 Å². The Labute approximate surface area is 84.3 Å². The molecule has 1 atom stereocenters. The maximum absolute atomic E-state index is 11.4. The van der Waals surface area contributed by atoms with Crippen molar-refractivity contribution in [1.29, 1.82) is 0 Å². The summed E-state index contributed by atoms with van der Waals surface area (Å²) in [6.07, 6.45) is 0.399. The first-order valence-electron chi connectivity index (χ1n) is 4.34. The molecule has 0 spiro atoms. The summed E-state index contributed by atoms with van der Waals surface area (Å²) in [6.45, 7) is 0.0985. The van der Waals surface area contributed by atoms with Crippen molar-refractivity contribution in [3.8, 4) is 0 Å². The molecule has 0 aliphatic carbocycles. The Bertz CT molecular complexity index is 414. The van der Waals surface area contributed by atoms with Gasteiger partial charge in [-0.2, -0.15) is 5.10 Å². The predicted octanol–water partition coefficient (Wildman–Crippen LogP) is -0.795. The number of carbonyl (C=O) groups is 2. The van der Waals surface area contributed by atoms with E-state index in [0.717, 1.165) is 6.20 Å². The van der Waals surface area contributed by atoms with Gasteiger partial charge in [0.25, 0.3) is 0 Å². The third-order valence-electron chi connectivity index (χ3n) is 2.22. The zero-order valence-electron chi connectivity index (χ0n) is 7.67. The molecule has 15 heavy (non-hydrogen) atoms. The summed E-state index contributed by atoms with van der Waals surface area (Å²) in [7, 11) is 0. The molecule has 7 nitrogen and oxygen atoms in total. The second kappa shape index (κ2) is 3.35. The monoisotopic (exact) mass is 211 g/mol. The van der Waals surface area contributed by atoms with E-state index < -0.39 is 12.1 Å². The average Bonchev–Trinajstić information content (AvgIpc) is 2.71. The van der Waals surface area contributed by atoms with Crippen molar-refractivity contribution >= 4 is 17.7 Å². The van der Waals surface area contributed by atoms with Gasteiger partial charge in [0.15, 0.2) is 0 Å². The Morgan fingerprint density at radius 1 is 1.67 bits per heavy atom. The number of aromatic amines is 1. The molecule has 1 aliphatic rings. The molecule has 3 N–H and O–H groups in total. The van der Waals surface area contributed by atoms with Crippen molar-refractivity contribution in [3.63, 3.8) is 0 Å². The van der Waals surface area contributed by atoms with Gasteiger partial charge in [-0.1, -0.05) is 0 Å². The molecule has 2 heterocycles. The number of carbonyl (C=O) groups excluding carboxylic acids is 1.